The minimum atomic E-state index is -3.78. The molecule has 0 aromatic heterocycles. The van der Waals surface area contributed by atoms with Crippen LogP contribution in [0.1, 0.15) is 17.5 Å². The third kappa shape index (κ3) is 2.91. The number of aryl methyl sites for hydroxylation is 1. The predicted octanol–water partition coefficient (Wildman–Crippen LogP) is 4.32. The van der Waals surface area contributed by atoms with Gasteiger partial charge in [0.2, 0.25) is 0 Å². The maximum absolute atomic E-state index is 13.4. The number of rotatable bonds is 3. The first kappa shape index (κ1) is 18.3. The fourth-order valence-corrected chi connectivity index (χ4v) is 7.50. The molecule has 0 spiro atoms. The molecule has 0 saturated heterocycles. The molecule has 2 aromatic rings. The largest absolute Gasteiger partial charge is 0.497 e. The van der Waals surface area contributed by atoms with Crippen molar-refractivity contribution in [1.29, 1.82) is 0 Å². The summed E-state index contributed by atoms with van der Waals surface area (Å²) in [5.41, 5.74) is 3.46. The van der Waals surface area contributed by atoms with Crippen LogP contribution in [0, 0.1) is 6.92 Å². The lowest BCUT2D eigenvalue weighted by atomic mass is 9.98. The molecule has 0 saturated carbocycles. The van der Waals surface area contributed by atoms with Crippen LogP contribution in [0.5, 0.6) is 5.75 Å². The number of nitrogens with zero attached hydrogens (tertiary/aromatic N) is 1. The third-order valence-electron chi connectivity index (χ3n) is 5.41. The molecule has 27 heavy (non-hydrogen) atoms. The molecule has 0 fully saturated rings. The summed E-state index contributed by atoms with van der Waals surface area (Å²) in [7, 11) is -4.74. The second kappa shape index (κ2) is 6.25. The molecule has 4 rings (SSSR count). The van der Waals surface area contributed by atoms with Gasteiger partial charge in [0.05, 0.1) is 24.2 Å². The van der Waals surface area contributed by atoms with Crippen LogP contribution in [-0.2, 0) is 14.6 Å². The molecular formula is C20H22NO4PS. The van der Waals surface area contributed by atoms with E-state index in [1.165, 1.54) is 4.31 Å². The molecule has 0 N–H and O–H groups in total. The van der Waals surface area contributed by atoms with Crippen molar-refractivity contribution in [2.75, 3.05) is 30.8 Å². The van der Waals surface area contributed by atoms with Gasteiger partial charge in [0, 0.05) is 23.1 Å². The van der Waals surface area contributed by atoms with E-state index in [-0.39, 0.29) is 11.4 Å². The van der Waals surface area contributed by atoms with Gasteiger partial charge in [0.15, 0.2) is 0 Å². The van der Waals surface area contributed by atoms with Crippen LogP contribution in [0.2, 0.25) is 0 Å². The smallest absolute Gasteiger partial charge is 0.264 e. The number of allylic oxidation sites excluding steroid dienone is 1. The number of fused-ring (bicyclic) bond motifs is 2. The molecule has 5 nitrogen and oxygen atoms in total. The Bertz CT molecular complexity index is 1100. The van der Waals surface area contributed by atoms with E-state index in [2.05, 4.69) is 0 Å². The maximum atomic E-state index is 13.4. The molecule has 0 bridgehead atoms. The second-order valence-electron chi connectivity index (χ2n) is 7.21. The standard InChI is InChI=1S/C20H22NO4PS/c1-14-4-7-16(8-5-14)27(23,24)21-13-20-18(10-11-26(20,3)22)17-9-6-15(25-2)12-19(17)21/h4-9,12H,10-11,13H2,1-3H3. The lowest BCUT2D eigenvalue weighted by Gasteiger charge is -2.33. The summed E-state index contributed by atoms with van der Waals surface area (Å²) in [6, 6.07) is 12.3. The Kier molecular flexibility index (Phi) is 4.24. The van der Waals surface area contributed by atoms with E-state index in [1.54, 1.807) is 44.1 Å². The SMILES string of the molecule is COc1ccc2c(c1)N(S(=O)(=O)c1ccc(C)cc1)CC1=C2CCP1(C)=O. The summed E-state index contributed by atoms with van der Waals surface area (Å²) in [4.78, 5) is 0.231. The van der Waals surface area contributed by atoms with Gasteiger partial charge in [-0.25, -0.2) is 8.42 Å². The van der Waals surface area contributed by atoms with Crippen LogP contribution in [0.4, 0.5) is 5.69 Å². The van der Waals surface area contributed by atoms with E-state index in [0.717, 1.165) is 28.4 Å². The molecular weight excluding hydrogens is 381 g/mol. The molecule has 2 aliphatic rings. The van der Waals surface area contributed by atoms with Gasteiger partial charge in [-0.2, -0.15) is 0 Å². The van der Waals surface area contributed by atoms with Crippen molar-refractivity contribution < 1.29 is 17.7 Å². The van der Waals surface area contributed by atoms with Crippen LogP contribution in [0.3, 0.4) is 0 Å². The molecule has 7 heteroatoms. The van der Waals surface area contributed by atoms with Crippen LogP contribution in [0.25, 0.3) is 5.57 Å². The lowest BCUT2D eigenvalue weighted by Crippen LogP contribution is -2.35. The van der Waals surface area contributed by atoms with Gasteiger partial charge >= 0.3 is 0 Å². The van der Waals surface area contributed by atoms with E-state index in [1.807, 2.05) is 19.1 Å². The minimum absolute atomic E-state index is 0.138. The average Bonchev–Trinajstić information content (AvgIpc) is 2.95. The van der Waals surface area contributed by atoms with Crippen LogP contribution < -0.4 is 9.04 Å². The fraction of sp³-hybridized carbons (Fsp3) is 0.300. The zero-order valence-electron chi connectivity index (χ0n) is 15.6. The summed E-state index contributed by atoms with van der Waals surface area (Å²) in [5, 5.41) is 0.788. The van der Waals surface area contributed by atoms with Gasteiger partial charge < -0.3 is 9.30 Å². The van der Waals surface area contributed by atoms with E-state index in [4.69, 9.17) is 4.74 Å². The van der Waals surface area contributed by atoms with E-state index in [0.29, 0.717) is 17.6 Å². The Hall–Kier alpha value is -2.04. The van der Waals surface area contributed by atoms with Crippen molar-refractivity contribution in [1.82, 2.24) is 0 Å². The Morgan fingerprint density at radius 2 is 1.81 bits per heavy atom. The highest BCUT2D eigenvalue weighted by molar-refractivity contribution is 7.93. The summed E-state index contributed by atoms with van der Waals surface area (Å²) in [6.45, 7) is 3.82. The first-order chi connectivity index (χ1) is 12.7. The Labute approximate surface area is 160 Å². The molecule has 142 valence electrons. The highest BCUT2D eigenvalue weighted by Crippen LogP contribution is 2.63. The van der Waals surface area contributed by atoms with Gasteiger partial charge in [-0.15, -0.1) is 0 Å². The van der Waals surface area contributed by atoms with Crippen molar-refractivity contribution >= 4 is 28.4 Å². The molecule has 2 aliphatic heterocycles. The van der Waals surface area contributed by atoms with Gasteiger partial charge in [0.1, 0.15) is 12.9 Å². The van der Waals surface area contributed by atoms with Crippen molar-refractivity contribution in [2.45, 2.75) is 18.2 Å². The number of hydrogen-bond acceptors (Lipinski definition) is 4. The highest BCUT2D eigenvalue weighted by Gasteiger charge is 2.41. The topological polar surface area (TPSA) is 63.7 Å². The first-order valence-electron chi connectivity index (χ1n) is 8.81. The first-order valence-corrected chi connectivity index (χ1v) is 12.6. The summed E-state index contributed by atoms with van der Waals surface area (Å²) in [6.07, 6.45) is 1.32. The number of benzene rings is 2. The lowest BCUT2D eigenvalue weighted by molar-refractivity contribution is 0.415. The van der Waals surface area contributed by atoms with Crippen LogP contribution >= 0.6 is 7.14 Å². The average molecular weight is 403 g/mol. The highest BCUT2D eigenvalue weighted by atomic mass is 32.2. The zero-order chi connectivity index (χ0) is 19.4. The predicted molar refractivity (Wildman–Crippen MR) is 109 cm³/mol. The summed E-state index contributed by atoms with van der Waals surface area (Å²) < 4.78 is 46.6. The quantitative estimate of drug-likeness (QED) is 0.716. The van der Waals surface area contributed by atoms with Gasteiger partial charge in [-0.3, -0.25) is 4.31 Å². The number of hydrogen-bond donors (Lipinski definition) is 0. The van der Waals surface area contributed by atoms with Crippen LogP contribution in [0.15, 0.2) is 52.7 Å². The van der Waals surface area contributed by atoms with Crippen molar-refractivity contribution in [3.63, 3.8) is 0 Å². The third-order valence-corrected chi connectivity index (χ3v) is 9.81. The van der Waals surface area contributed by atoms with E-state index < -0.39 is 17.2 Å². The summed E-state index contributed by atoms with van der Waals surface area (Å²) >= 11 is 0. The normalized spacial score (nSPS) is 21.8. The Balaban J connectivity index is 1.92. The van der Waals surface area contributed by atoms with Crippen molar-refractivity contribution in [3.8, 4) is 5.75 Å². The zero-order valence-corrected chi connectivity index (χ0v) is 17.3. The number of ether oxygens (including phenoxy) is 1. The number of anilines is 1. The Morgan fingerprint density at radius 1 is 1.11 bits per heavy atom. The molecule has 2 heterocycles. The number of methoxy groups -OCH3 is 1. The minimum Gasteiger partial charge on any atom is -0.497 e. The van der Waals surface area contributed by atoms with E-state index >= 15 is 0 Å². The van der Waals surface area contributed by atoms with Gasteiger partial charge in [-0.05, 0) is 49.8 Å². The van der Waals surface area contributed by atoms with Gasteiger partial charge in [0.25, 0.3) is 10.0 Å². The van der Waals surface area contributed by atoms with Crippen molar-refractivity contribution in [3.05, 3.63) is 58.9 Å². The fourth-order valence-electron chi connectivity index (χ4n) is 3.80. The molecule has 0 amide bonds. The molecule has 0 aliphatic carbocycles. The molecule has 1 atom stereocenters. The molecule has 2 aromatic carbocycles. The van der Waals surface area contributed by atoms with Crippen molar-refractivity contribution in [2.24, 2.45) is 0 Å². The monoisotopic (exact) mass is 403 g/mol. The van der Waals surface area contributed by atoms with Gasteiger partial charge in [-0.1, -0.05) is 17.7 Å². The van der Waals surface area contributed by atoms with E-state index in [9.17, 15) is 13.0 Å². The maximum Gasteiger partial charge on any atom is 0.264 e. The van der Waals surface area contributed by atoms with Crippen LogP contribution in [-0.4, -0.2) is 34.9 Å². The molecule has 1 unspecified atom stereocenters. The summed E-state index contributed by atoms with van der Waals surface area (Å²) in [5.74, 6) is 0.597. The Morgan fingerprint density at radius 3 is 2.48 bits per heavy atom. The number of sulfonamides is 1. The second-order valence-corrected chi connectivity index (χ2v) is 12.3. The molecule has 0 radical (unpaired) electrons.